The van der Waals surface area contributed by atoms with Gasteiger partial charge in [-0.2, -0.15) is 0 Å². The number of nitrogens with zero attached hydrogens (tertiary/aromatic N) is 1. The second-order valence-electron chi connectivity index (χ2n) is 4.35. The van der Waals surface area contributed by atoms with Crippen molar-refractivity contribution in [2.24, 2.45) is 0 Å². The molecule has 1 aliphatic rings. The van der Waals surface area contributed by atoms with Gasteiger partial charge in [-0.1, -0.05) is 11.6 Å². The molecule has 4 nitrogen and oxygen atoms in total. The summed E-state index contributed by atoms with van der Waals surface area (Å²) in [5, 5.41) is 12.0. The largest absolute Gasteiger partial charge is 0.392 e. The number of amides is 1. The van der Waals surface area contributed by atoms with E-state index in [1.54, 1.807) is 0 Å². The van der Waals surface area contributed by atoms with Crippen molar-refractivity contribution < 1.29 is 14.3 Å². The number of hydrogen-bond acceptors (Lipinski definition) is 3. The monoisotopic (exact) mass is 272 g/mol. The summed E-state index contributed by atoms with van der Waals surface area (Å²) < 4.78 is 12.9. The molecule has 0 radical (unpaired) electrons. The highest BCUT2D eigenvalue weighted by molar-refractivity contribution is 6.31. The Labute approximate surface area is 109 Å². The molecule has 1 amide bonds. The number of aliphatic hydroxyl groups is 1. The van der Waals surface area contributed by atoms with E-state index in [4.69, 9.17) is 11.6 Å². The lowest BCUT2D eigenvalue weighted by Crippen LogP contribution is -2.32. The Morgan fingerprint density at radius 3 is 3.00 bits per heavy atom. The zero-order valence-electron chi connectivity index (χ0n) is 9.70. The van der Waals surface area contributed by atoms with Crippen LogP contribution in [0.15, 0.2) is 18.2 Å². The minimum atomic E-state index is -0.516. The third-order valence-electron chi connectivity index (χ3n) is 2.82. The molecule has 1 saturated heterocycles. The van der Waals surface area contributed by atoms with E-state index in [0.29, 0.717) is 25.2 Å². The highest BCUT2D eigenvalue weighted by Crippen LogP contribution is 2.19. The second kappa shape index (κ2) is 5.65. The van der Waals surface area contributed by atoms with Gasteiger partial charge in [-0.15, -0.1) is 0 Å². The van der Waals surface area contributed by atoms with Crippen molar-refractivity contribution in [1.82, 2.24) is 4.90 Å². The summed E-state index contributed by atoms with van der Waals surface area (Å²) in [7, 11) is 0. The molecule has 1 aromatic carbocycles. The number of carbonyl (C=O) groups excluding carboxylic acids is 1. The Balaban J connectivity index is 1.89. The maximum absolute atomic E-state index is 12.9. The molecule has 1 unspecified atom stereocenters. The summed E-state index contributed by atoms with van der Waals surface area (Å²) in [6, 6.07) is 4.03. The number of nitrogens with one attached hydrogen (secondary N) is 1. The lowest BCUT2D eigenvalue weighted by Gasteiger charge is -2.14. The van der Waals surface area contributed by atoms with Crippen LogP contribution in [-0.4, -0.2) is 41.7 Å². The molecule has 0 aromatic heterocycles. The van der Waals surface area contributed by atoms with Crippen molar-refractivity contribution in [1.29, 1.82) is 0 Å². The first-order chi connectivity index (χ1) is 8.54. The molecule has 98 valence electrons. The van der Waals surface area contributed by atoms with Crippen molar-refractivity contribution in [3.8, 4) is 0 Å². The quantitative estimate of drug-likeness (QED) is 0.876. The van der Waals surface area contributed by atoms with Crippen molar-refractivity contribution in [2.45, 2.75) is 12.5 Å². The lowest BCUT2D eigenvalue weighted by atomic mass is 10.3. The van der Waals surface area contributed by atoms with E-state index >= 15 is 0 Å². The van der Waals surface area contributed by atoms with Gasteiger partial charge in [-0.3, -0.25) is 9.69 Å². The molecule has 0 aliphatic carbocycles. The number of β-amino-alcohol motifs (C(OH)–C–C–N with tert-alkyl or cyclic N) is 1. The average molecular weight is 273 g/mol. The Bertz CT molecular complexity index is 456. The van der Waals surface area contributed by atoms with Gasteiger partial charge in [0.15, 0.2) is 0 Å². The molecular weight excluding hydrogens is 259 g/mol. The zero-order valence-corrected chi connectivity index (χ0v) is 10.5. The smallest absolute Gasteiger partial charge is 0.238 e. The molecule has 0 saturated carbocycles. The summed E-state index contributed by atoms with van der Waals surface area (Å²) >= 11 is 5.62. The van der Waals surface area contributed by atoms with Gasteiger partial charge in [0.05, 0.1) is 17.7 Å². The van der Waals surface area contributed by atoms with E-state index in [0.717, 1.165) is 0 Å². The molecule has 1 aliphatic heterocycles. The van der Waals surface area contributed by atoms with E-state index < -0.39 is 5.82 Å². The van der Waals surface area contributed by atoms with Gasteiger partial charge < -0.3 is 10.4 Å². The predicted octanol–water partition coefficient (Wildman–Crippen LogP) is 1.48. The van der Waals surface area contributed by atoms with Crippen LogP contribution in [0.4, 0.5) is 10.1 Å². The number of hydrogen-bond donors (Lipinski definition) is 2. The SMILES string of the molecule is O=C(CN1CCC(O)C1)Nc1ccc(F)c(Cl)c1. The summed E-state index contributed by atoms with van der Waals surface area (Å²) in [4.78, 5) is 13.6. The first-order valence-electron chi connectivity index (χ1n) is 5.70. The van der Waals surface area contributed by atoms with Crippen LogP contribution in [0.1, 0.15) is 6.42 Å². The van der Waals surface area contributed by atoms with Crippen LogP contribution in [-0.2, 0) is 4.79 Å². The molecule has 2 N–H and O–H groups in total. The Kier molecular flexibility index (Phi) is 4.16. The van der Waals surface area contributed by atoms with Crippen LogP contribution < -0.4 is 5.32 Å². The summed E-state index contributed by atoms with van der Waals surface area (Å²) in [5.41, 5.74) is 0.464. The number of anilines is 1. The molecular formula is C12H14ClFN2O2. The molecule has 0 spiro atoms. The molecule has 1 fully saturated rings. The molecule has 0 bridgehead atoms. The number of rotatable bonds is 3. The third kappa shape index (κ3) is 3.41. The molecule has 1 aromatic rings. The van der Waals surface area contributed by atoms with Gasteiger partial charge in [0, 0.05) is 18.8 Å². The Hall–Kier alpha value is -1.17. The van der Waals surface area contributed by atoms with Crippen LogP contribution >= 0.6 is 11.6 Å². The molecule has 1 heterocycles. The zero-order chi connectivity index (χ0) is 13.1. The van der Waals surface area contributed by atoms with E-state index in [1.807, 2.05) is 4.90 Å². The van der Waals surface area contributed by atoms with Gasteiger partial charge in [-0.05, 0) is 24.6 Å². The molecule has 18 heavy (non-hydrogen) atoms. The van der Waals surface area contributed by atoms with Crippen molar-refractivity contribution in [3.05, 3.63) is 29.0 Å². The number of benzene rings is 1. The van der Waals surface area contributed by atoms with E-state index in [9.17, 15) is 14.3 Å². The van der Waals surface area contributed by atoms with Crippen molar-refractivity contribution in [2.75, 3.05) is 25.0 Å². The van der Waals surface area contributed by atoms with Gasteiger partial charge in [0.1, 0.15) is 5.82 Å². The topological polar surface area (TPSA) is 52.6 Å². The van der Waals surface area contributed by atoms with Crippen LogP contribution in [0.5, 0.6) is 0 Å². The summed E-state index contributed by atoms with van der Waals surface area (Å²) in [6.45, 7) is 1.43. The van der Waals surface area contributed by atoms with Crippen molar-refractivity contribution in [3.63, 3.8) is 0 Å². The Morgan fingerprint density at radius 1 is 1.61 bits per heavy atom. The van der Waals surface area contributed by atoms with Crippen LogP contribution in [0.25, 0.3) is 0 Å². The molecule has 1 atom stereocenters. The standard InChI is InChI=1S/C12H14ClFN2O2/c13-10-5-8(1-2-11(10)14)15-12(18)7-16-4-3-9(17)6-16/h1-2,5,9,17H,3-4,6-7H2,(H,15,18). The van der Waals surface area contributed by atoms with E-state index in [1.165, 1.54) is 18.2 Å². The first kappa shape index (κ1) is 13.3. The minimum absolute atomic E-state index is 0.0237. The second-order valence-corrected chi connectivity index (χ2v) is 4.76. The molecule has 6 heteroatoms. The average Bonchev–Trinajstić information content (AvgIpc) is 2.69. The number of likely N-dealkylation sites (tertiary alicyclic amines) is 1. The number of halogens is 2. The first-order valence-corrected chi connectivity index (χ1v) is 6.08. The fourth-order valence-corrected chi connectivity index (χ4v) is 2.11. The van der Waals surface area contributed by atoms with Gasteiger partial charge >= 0.3 is 0 Å². The van der Waals surface area contributed by atoms with Gasteiger partial charge in [-0.25, -0.2) is 4.39 Å². The van der Waals surface area contributed by atoms with E-state index in [2.05, 4.69) is 5.32 Å². The minimum Gasteiger partial charge on any atom is -0.392 e. The maximum atomic E-state index is 12.9. The highest BCUT2D eigenvalue weighted by atomic mass is 35.5. The number of aliphatic hydroxyl groups excluding tert-OH is 1. The molecule has 2 rings (SSSR count). The summed E-state index contributed by atoms with van der Waals surface area (Å²) in [6.07, 6.45) is 0.341. The predicted molar refractivity (Wildman–Crippen MR) is 67.1 cm³/mol. The normalized spacial score (nSPS) is 20.1. The number of carbonyl (C=O) groups is 1. The van der Waals surface area contributed by atoms with Crippen LogP contribution in [0.2, 0.25) is 5.02 Å². The fraction of sp³-hybridized carbons (Fsp3) is 0.417. The lowest BCUT2D eigenvalue weighted by molar-refractivity contribution is -0.117. The van der Waals surface area contributed by atoms with Crippen LogP contribution in [0, 0.1) is 5.82 Å². The van der Waals surface area contributed by atoms with Crippen molar-refractivity contribution >= 4 is 23.2 Å². The van der Waals surface area contributed by atoms with E-state index in [-0.39, 0.29) is 23.6 Å². The Morgan fingerprint density at radius 2 is 2.39 bits per heavy atom. The summed E-state index contributed by atoms with van der Waals surface area (Å²) in [5.74, 6) is -0.718. The maximum Gasteiger partial charge on any atom is 0.238 e. The van der Waals surface area contributed by atoms with Gasteiger partial charge in [0.2, 0.25) is 5.91 Å². The fourth-order valence-electron chi connectivity index (χ4n) is 1.93. The highest BCUT2D eigenvalue weighted by Gasteiger charge is 2.21. The van der Waals surface area contributed by atoms with Crippen LogP contribution in [0.3, 0.4) is 0 Å². The van der Waals surface area contributed by atoms with Gasteiger partial charge in [0.25, 0.3) is 0 Å². The third-order valence-corrected chi connectivity index (χ3v) is 3.11.